The molecule has 1 heterocycles. The molecule has 7 heteroatoms. The van der Waals surface area contributed by atoms with Gasteiger partial charge < -0.3 is 15.0 Å². The zero-order chi connectivity index (χ0) is 19.2. The highest BCUT2D eigenvalue weighted by Gasteiger charge is 2.15. The zero-order valence-corrected chi connectivity index (χ0v) is 15.2. The van der Waals surface area contributed by atoms with Gasteiger partial charge >= 0.3 is 0 Å². The van der Waals surface area contributed by atoms with Crippen LogP contribution in [0, 0.1) is 6.92 Å². The van der Waals surface area contributed by atoms with Crippen LogP contribution in [-0.4, -0.2) is 46.9 Å². The number of fused-ring (bicyclic) bond motifs is 1. The van der Waals surface area contributed by atoms with Crippen LogP contribution in [0.3, 0.4) is 0 Å². The van der Waals surface area contributed by atoms with Crippen molar-refractivity contribution in [3.63, 3.8) is 0 Å². The van der Waals surface area contributed by atoms with E-state index in [1.807, 2.05) is 55.5 Å². The third-order valence-electron chi connectivity index (χ3n) is 3.98. The largest absolute Gasteiger partial charge is 0.467 e. The van der Waals surface area contributed by atoms with Crippen LogP contribution in [0.1, 0.15) is 5.56 Å². The van der Waals surface area contributed by atoms with Gasteiger partial charge in [-0.25, -0.2) is 9.97 Å². The van der Waals surface area contributed by atoms with Crippen molar-refractivity contribution in [1.82, 2.24) is 14.9 Å². The van der Waals surface area contributed by atoms with Gasteiger partial charge in [0.2, 0.25) is 11.8 Å². The average molecular weight is 364 g/mol. The molecule has 0 radical (unpaired) electrons. The summed E-state index contributed by atoms with van der Waals surface area (Å²) in [5, 5.41) is 3.49. The van der Waals surface area contributed by atoms with Gasteiger partial charge in [-0.05, 0) is 31.2 Å². The fraction of sp³-hybridized carbons (Fsp3) is 0.200. The maximum atomic E-state index is 12.3. The van der Waals surface area contributed by atoms with Crippen LogP contribution in [0.15, 0.2) is 54.9 Å². The Balaban J connectivity index is 1.54. The molecule has 0 aliphatic rings. The molecule has 3 aromatic rings. The third kappa shape index (κ3) is 4.78. The first-order valence-corrected chi connectivity index (χ1v) is 8.46. The second kappa shape index (κ2) is 8.27. The number of carbonyl (C=O) groups is 2. The van der Waals surface area contributed by atoms with E-state index in [2.05, 4.69) is 15.3 Å². The van der Waals surface area contributed by atoms with Crippen molar-refractivity contribution in [3.05, 3.63) is 60.4 Å². The van der Waals surface area contributed by atoms with E-state index in [9.17, 15) is 9.59 Å². The van der Waals surface area contributed by atoms with Crippen LogP contribution in [0.5, 0.6) is 5.88 Å². The van der Waals surface area contributed by atoms with E-state index in [-0.39, 0.29) is 25.0 Å². The van der Waals surface area contributed by atoms with Crippen molar-refractivity contribution in [2.24, 2.45) is 0 Å². The Bertz CT molecular complexity index is 952. The number of hydrogen-bond donors (Lipinski definition) is 1. The minimum atomic E-state index is -0.322. The summed E-state index contributed by atoms with van der Waals surface area (Å²) in [5.41, 5.74) is 2.53. The van der Waals surface area contributed by atoms with Crippen molar-refractivity contribution in [1.29, 1.82) is 0 Å². The topological polar surface area (TPSA) is 84.4 Å². The Morgan fingerprint density at radius 3 is 2.59 bits per heavy atom. The summed E-state index contributed by atoms with van der Waals surface area (Å²) >= 11 is 0. The van der Waals surface area contributed by atoms with Crippen LogP contribution in [0.4, 0.5) is 5.69 Å². The van der Waals surface area contributed by atoms with Gasteiger partial charge in [0.15, 0.2) is 6.61 Å². The number of nitrogens with one attached hydrogen (secondary N) is 1. The molecule has 1 aromatic heterocycles. The number of nitrogens with zero attached hydrogens (tertiary/aromatic N) is 3. The van der Waals surface area contributed by atoms with E-state index in [0.717, 1.165) is 16.5 Å². The minimum absolute atomic E-state index is 0.0689. The van der Waals surface area contributed by atoms with Crippen molar-refractivity contribution in [2.75, 3.05) is 25.5 Å². The summed E-state index contributed by atoms with van der Waals surface area (Å²) in [6.45, 7) is 1.69. The lowest BCUT2D eigenvalue weighted by atomic mass is 10.2. The molecule has 0 bridgehead atoms. The molecule has 2 aromatic carbocycles. The number of benzene rings is 2. The molecule has 27 heavy (non-hydrogen) atoms. The number of likely N-dealkylation sites (N-methyl/N-ethyl adjacent to an activating group) is 1. The maximum Gasteiger partial charge on any atom is 0.260 e. The Kier molecular flexibility index (Phi) is 5.61. The van der Waals surface area contributed by atoms with Gasteiger partial charge in [0.05, 0.1) is 17.4 Å². The molecule has 0 unspecified atom stereocenters. The number of carbonyl (C=O) groups excluding carboxylic acids is 2. The number of aryl methyl sites for hydroxylation is 1. The highest BCUT2D eigenvalue weighted by molar-refractivity contribution is 5.94. The number of amides is 2. The summed E-state index contributed by atoms with van der Waals surface area (Å²) in [7, 11) is 1.55. The van der Waals surface area contributed by atoms with Crippen molar-refractivity contribution >= 4 is 28.4 Å². The summed E-state index contributed by atoms with van der Waals surface area (Å²) in [6.07, 6.45) is 1.39. The second-order valence-electron chi connectivity index (χ2n) is 6.15. The summed E-state index contributed by atoms with van der Waals surface area (Å²) < 4.78 is 5.54. The molecule has 0 spiro atoms. The number of ether oxygens (including phenoxy) is 1. The molecule has 0 atom stereocenters. The standard InChI is InChI=1S/C20H20N4O3/c1-14-7-9-15(10-8-14)23-18(25)11-24(2)19(26)12-27-20-16-5-3-4-6-17(16)21-13-22-20/h3-10,13H,11-12H2,1-2H3,(H,23,25). The van der Waals surface area contributed by atoms with Crippen LogP contribution in [0.2, 0.25) is 0 Å². The molecule has 7 nitrogen and oxygen atoms in total. The summed E-state index contributed by atoms with van der Waals surface area (Å²) in [6, 6.07) is 14.8. The Morgan fingerprint density at radius 2 is 1.81 bits per heavy atom. The zero-order valence-electron chi connectivity index (χ0n) is 15.2. The molecule has 0 saturated carbocycles. The van der Waals surface area contributed by atoms with E-state index in [1.165, 1.54) is 11.2 Å². The van der Waals surface area contributed by atoms with Crippen LogP contribution >= 0.6 is 0 Å². The van der Waals surface area contributed by atoms with Gasteiger partial charge in [-0.15, -0.1) is 0 Å². The highest BCUT2D eigenvalue weighted by Crippen LogP contribution is 2.20. The van der Waals surface area contributed by atoms with E-state index < -0.39 is 0 Å². The average Bonchev–Trinajstić information content (AvgIpc) is 2.67. The number of hydrogen-bond acceptors (Lipinski definition) is 5. The number of anilines is 1. The molecule has 0 fully saturated rings. The Labute approximate surface area is 157 Å². The lowest BCUT2D eigenvalue weighted by Gasteiger charge is -2.17. The molecule has 1 N–H and O–H groups in total. The van der Waals surface area contributed by atoms with Gasteiger partial charge in [-0.2, -0.15) is 0 Å². The van der Waals surface area contributed by atoms with Crippen molar-refractivity contribution in [2.45, 2.75) is 6.92 Å². The normalized spacial score (nSPS) is 10.4. The summed E-state index contributed by atoms with van der Waals surface area (Å²) in [4.78, 5) is 33.9. The quantitative estimate of drug-likeness (QED) is 0.726. The molecule has 3 rings (SSSR count). The molecule has 0 aliphatic carbocycles. The Hall–Kier alpha value is -3.48. The lowest BCUT2D eigenvalue weighted by Crippen LogP contribution is -2.37. The third-order valence-corrected chi connectivity index (χ3v) is 3.98. The lowest BCUT2D eigenvalue weighted by molar-refractivity contribution is -0.135. The predicted octanol–water partition coefficient (Wildman–Crippen LogP) is 2.41. The van der Waals surface area contributed by atoms with Gasteiger partial charge in [-0.1, -0.05) is 29.8 Å². The van der Waals surface area contributed by atoms with E-state index >= 15 is 0 Å². The first-order valence-electron chi connectivity index (χ1n) is 8.46. The van der Waals surface area contributed by atoms with E-state index in [4.69, 9.17) is 4.74 Å². The van der Waals surface area contributed by atoms with Crippen LogP contribution in [0.25, 0.3) is 10.9 Å². The molecular formula is C20H20N4O3. The van der Waals surface area contributed by atoms with Crippen molar-refractivity contribution < 1.29 is 14.3 Å². The fourth-order valence-corrected chi connectivity index (χ4v) is 2.48. The molecule has 0 aliphatic heterocycles. The maximum absolute atomic E-state index is 12.3. The van der Waals surface area contributed by atoms with Crippen LogP contribution in [-0.2, 0) is 9.59 Å². The van der Waals surface area contributed by atoms with Gasteiger partial charge in [0.25, 0.3) is 5.91 Å². The minimum Gasteiger partial charge on any atom is -0.467 e. The molecule has 138 valence electrons. The van der Waals surface area contributed by atoms with E-state index in [1.54, 1.807) is 7.05 Å². The summed E-state index contributed by atoms with van der Waals surface area (Å²) in [5.74, 6) is -0.259. The number of rotatable bonds is 6. The first-order chi connectivity index (χ1) is 13.0. The van der Waals surface area contributed by atoms with E-state index in [0.29, 0.717) is 11.6 Å². The second-order valence-corrected chi connectivity index (χ2v) is 6.15. The fourth-order valence-electron chi connectivity index (χ4n) is 2.48. The van der Waals surface area contributed by atoms with Gasteiger partial charge in [0.1, 0.15) is 6.33 Å². The molecular weight excluding hydrogens is 344 g/mol. The highest BCUT2D eigenvalue weighted by atomic mass is 16.5. The first kappa shape index (κ1) is 18.3. The van der Waals surface area contributed by atoms with Gasteiger partial charge in [0, 0.05) is 12.7 Å². The van der Waals surface area contributed by atoms with Crippen molar-refractivity contribution in [3.8, 4) is 5.88 Å². The monoisotopic (exact) mass is 364 g/mol. The molecule has 2 amide bonds. The molecule has 0 saturated heterocycles. The smallest absolute Gasteiger partial charge is 0.260 e. The van der Waals surface area contributed by atoms with Crippen LogP contribution < -0.4 is 10.1 Å². The predicted molar refractivity (Wildman–Crippen MR) is 102 cm³/mol. The van der Waals surface area contributed by atoms with Gasteiger partial charge in [-0.3, -0.25) is 9.59 Å². The number of aromatic nitrogens is 2. The number of para-hydroxylation sites is 1. The Morgan fingerprint density at radius 1 is 1.07 bits per heavy atom. The SMILES string of the molecule is Cc1ccc(NC(=O)CN(C)C(=O)COc2ncnc3ccccc23)cc1.